The van der Waals surface area contributed by atoms with Gasteiger partial charge >= 0.3 is 0 Å². The van der Waals surface area contributed by atoms with Gasteiger partial charge in [0.2, 0.25) is 0 Å². The molecule has 3 rings (SSSR count). The van der Waals surface area contributed by atoms with Gasteiger partial charge in [-0.15, -0.1) is 11.8 Å². The highest BCUT2D eigenvalue weighted by Gasteiger charge is 2.25. The van der Waals surface area contributed by atoms with Crippen molar-refractivity contribution in [1.82, 2.24) is 5.32 Å². The summed E-state index contributed by atoms with van der Waals surface area (Å²) in [6.45, 7) is 2.25. The first kappa shape index (κ1) is 13.5. The predicted molar refractivity (Wildman–Crippen MR) is 88.8 cm³/mol. The predicted octanol–water partition coefficient (Wildman–Crippen LogP) is 3.92. The van der Waals surface area contributed by atoms with Gasteiger partial charge in [0.15, 0.2) is 0 Å². The lowest BCUT2D eigenvalue weighted by Gasteiger charge is -2.08. The molecule has 0 radical (unpaired) electrons. The zero-order valence-electron chi connectivity index (χ0n) is 11.9. The molecule has 0 saturated carbocycles. The molecule has 0 aromatic heterocycles. The van der Waals surface area contributed by atoms with E-state index in [1.165, 1.54) is 16.2 Å². The van der Waals surface area contributed by atoms with Crippen molar-refractivity contribution in [2.45, 2.75) is 25.4 Å². The van der Waals surface area contributed by atoms with Crippen molar-refractivity contribution in [1.29, 1.82) is 0 Å². The summed E-state index contributed by atoms with van der Waals surface area (Å²) >= 11 is 1.79. The van der Waals surface area contributed by atoms with Gasteiger partial charge in [-0.1, -0.05) is 18.2 Å². The molecule has 1 aromatic rings. The van der Waals surface area contributed by atoms with Crippen LogP contribution in [0.25, 0.3) is 0 Å². The van der Waals surface area contributed by atoms with Crippen LogP contribution in [0.5, 0.6) is 0 Å². The molecule has 20 heavy (non-hydrogen) atoms. The number of rotatable bonds is 3. The maximum absolute atomic E-state index is 3.63. The van der Waals surface area contributed by atoms with Crippen molar-refractivity contribution in [3.8, 4) is 0 Å². The lowest BCUT2D eigenvalue weighted by molar-refractivity contribution is 0.629. The highest BCUT2D eigenvalue weighted by atomic mass is 32.2. The number of hydrogen-bond acceptors (Lipinski definition) is 3. The number of anilines is 1. The summed E-state index contributed by atoms with van der Waals surface area (Å²) in [6, 6.07) is 11.3. The van der Waals surface area contributed by atoms with E-state index >= 15 is 0 Å². The molecular weight excluding hydrogens is 264 g/mol. The number of hydrogen-bond donors (Lipinski definition) is 2. The van der Waals surface area contributed by atoms with E-state index in [0.29, 0.717) is 12.1 Å². The minimum absolute atomic E-state index is 0.388. The van der Waals surface area contributed by atoms with Gasteiger partial charge in [-0.05, 0) is 55.5 Å². The minimum Gasteiger partial charge on any atom is -0.355 e. The van der Waals surface area contributed by atoms with E-state index in [2.05, 4.69) is 66.3 Å². The summed E-state index contributed by atoms with van der Waals surface area (Å²) < 4.78 is 0. The van der Waals surface area contributed by atoms with Crippen LogP contribution in [-0.2, 0) is 0 Å². The van der Waals surface area contributed by atoms with E-state index in [4.69, 9.17) is 0 Å². The van der Waals surface area contributed by atoms with Crippen LogP contribution in [0.15, 0.2) is 64.7 Å². The van der Waals surface area contributed by atoms with E-state index < -0.39 is 0 Å². The zero-order chi connectivity index (χ0) is 13.9. The fourth-order valence-corrected chi connectivity index (χ4v) is 3.27. The quantitative estimate of drug-likeness (QED) is 0.879. The minimum atomic E-state index is 0.388. The smallest absolute Gasteiger partial charge is 0.0485 e. The second kappa shape index (κ2) is 5.90. The van der Waals surface area contributed by atoms with Crippen LogP contribution in [-0.4, -0.2) is 18.3 Å². The Morgan fingerprint density at radius 3 is 2.75 bits per heavy atom. The Morgan fingerprint density at radius 2 is 2.00 bits per heavy atom. The molecule has 0 spiro atoms. The van der Waals surface area contributed by atoms with Crippen LogP contribution in [0.3, 0.4) is 0 Å². The fraction of sp³-hybridized carbons (Fsp3) is 0.294. The van der Waals surface area contributed by atoms with Crippen molar-refractivity contribution in [3.05, 3.63) is 64.7 Å². The summed E-state index contributed by atoms with van der Waals surface area (Å²) in [5, 5.41) is 7.14. The van der Waals surface area contributed by atoms with E-state index in [0.717, 1.165) is 12.1 Å². The van der Waals surface area contributed by atoms with E-state index in [9.17, 15) is 0 Å². The molecule has 2 N–H and O–H groups in total. The summed E-state index contributed by atoms with van der Waals surface area (Å²) in [5.41, 5.74) is 3.77. The Labute approximate surface area is 125 Å². The zero-order valence-corrected chi connectivity index (χ0v) is 12.7. The molecule has 1 fully saturated rings. The second-order valence-electron chi connectivity index (χ2n) is 5.33. The molecule has 1 aliphatic heterocycles. The van der Waals surface area contributed by atoms with Crippen LogP contribution >= 0.6 is 11.8 Å². The Bertz CT molecular complexity index is 572. The number of para-hydroxylation sites is 1. The summed E-state index contributed by atoms with van der Waals surface area (Å²) in [5.74, 6) is 0. The third kappa shape index (κ3) is 3.00. The molecule has 2 atom stereocenters. The van der Waals surface area contributed by atoms with Gasteiger partial charge in [0.25, 0.3) is 0 Å². The molecule has 1 unspecified atom stereocenters. The lowest BCUT2D eigenvalue weighted by Crippen LogP contribution is -2.25. The third-order valence-electron chi connectivity index (χ3n) is 3.67. The number of thioether (sulfide) groups is 1. The largest absolute Gasteiger partial charge is 0.355 e. The SMILES string of the molecule is CSC1=CC2N[C@@H](C)CC2=CC(Nc2ccccc2)=C1. The normalized spacial score (nSPS) is 25.2. The number of fused-ring (bicyclic) bond motifs is 1. The molecule has 2 aliphatic rings. The third-order valence-corrected chi connectivity index (χ3v) is 4.40. The fourth-order valence-electron chi connectivity index (χ4n) is 2.75. The van der Waals surface area contributed by atoms with Gasteiger partial charge in [0, 0.05) is 28.4 Å². The van der Waals surface area contributed by atoms with Gasteiger partial charge in [-0.2, -0.15) is 0 Å². The Balaban J connectivity index is 1.89. The average Bonchev–Trinajstić information content (AvgIpc) is 2.70. The Morgan fingerprint density at radius 1 is 1.20 bits per heavy atom. The van der Waals surface area contributed by atoms with Gasteiger partial charge < -0.3 is 10.6 Å². The van der Waals surface area contributed by atoms with Crippen LogP contribution in [0, 0.1) is 0 Å². The first-order valence-corrected chi connectivity index (χ1v) is 8.23. The first-order chi connectivity index (χ1) is 9.74. The molecule has 1 aromatic carbocycles. The van der Waals surface area contributed by atoms with Crippen LogP contribution < -0.4 is 10.6 Å². The van der Waals surface area contributed by atoms with E-state index in [-0.39, 0.29) is 0 Å². The van der Waals surface area contributed by atoms with Crippen molar-refractivity contribution in [2.24, 2.45) is 0 Å². The van der Waals surface area contributed by atoms with Gasteiger partial charge in [0.1, 0.15) is 0 Å². The average molecular weight is 284 g/mol. The molecule has 3 heteroatoms. The van der Waals surface area contributed by atoms with Gasteiger partial charge in [-0.3, -0.25) is 0 Å². The summed E-state index contributed by atoms with van der Waals surface area (Å²) in [6.07, 6.45) is 10.1. The number of allylic oxidation sites excluding steroid dienone is 2. The second-order valence-corrected chi connectivity index (χ2v) is 6.21. The molecule has 0 bridgehead atoms. The molecular formula is C17H20N2S. The lowest BCUT2D eigenvalue weighted by atomic mass is 10.1. The molecule has 1 saturated heterocycles. The Kier molecular flexibility index (Phi) is 3.99. The summed E-state index contributed by atoms with van der Waals surface area (Å²) in [4.78, 5) is 1.31. The van der Waals surface area contributed by atoms with Gasteiger partial charge in [0.05, 0.1) is 0 Å². The van der Waals surface area contributed by atoms with Crippen molar-refractivity contribution in [3.63, 3.8) is 0 Å². The maximum atomic E-state index is 3.63. The number of nitrogens with one attached hydrogen (secondary N) is 2. The highest BCUT2D eigenvalue weighted by Crippen LogP contribution is 2.29. The monoisotopic (exact) mass is 284 g/mol. The van der Waals surface area contributed by atoms with Crippen molar-refractivity contribution >= 4 is 17.4 Å². The molecule has 0 amide bonds. The molecule has 2 nitrogen and oxygen atoms in total. The van der Waals surface area contributed by atoms with Gasteiger partial charge in [-0.25, -0.2) is 0 Å². The maximum Gasteiger partial charge on any atom is 0.0485 e. The Hall–Kier alpha value is -1.45. The van der Waals surface area contributed by atoms with E-state index in [1.54, 1.807) is 11.8 Å². The van der Waals surface area contributed by atoms with Crippen LogP contribution in [0.4, 0.5) is 5.69 Å². The molecule has 104 valence electrons. The first-order valence-electron chi connectivity index (χ1n) is 7.00. The highest BCUT2D eigenvalue weighted by molar-refractivity contribution is 8.02. The standard InChI is InChI=1S/C17H20N2S/c1-12-8-13-9-15(19-14-6-4-3-5-7-14)10-16(20-2)11-17(13)18-12/h3-7,9-12,17-19H,8H2,1-2H3/t12-,17?/m0/s1. The topological polar surface area (TPSA) is 24.1 Å². The number of benzene rings is 1. The van der Waals surface area contributed by atoms with E-state index in [1.807, 2.05) is 6.07 Å². The van der Waals surface area contributed by atoms with Crippen LogP contribution in [0.2, 0.25) is 0 Å². The van der Waals surface area contributed by atoms with Crippen molar-refractivity contribution < 1.29 is 0 Å². The molecule has 1 heterocycles. The molecule has 1 aliphatic carbocycles. The van der Waals surface area contributed by atoms with Crippen LogP contribution in [0.1, 0.15) is 13.3 Å². The summed E-state index contributed by atoms with van der Waals surface area (Å²) in [7, 11) is 0. The van der Waals surface area contributed by atoms with Crippen molar-refractivity contribution in [2.75, 3.05) is 11.6 Å².